The van der Waals surface area contributed by atoms with Gasteiger partial charge >= 0.3 is 6.18 Å². The summed E-state index contributed by atoms with van der Waals surface area (Å²) in [5, 5.41) is 10.9. The fourth-order valence-electron chi connectivity index (χ4n) is 2.88. The molecule has 0 saturated carbocycles. The molecule has 0 amide bonds. The lowest BCUT2D eigenvalue weighted by atomic mass is 10.1. The zero-order valence-electron chi connectivity index (χ0n) is 18.1. The van der Waals surface area contributed by atoms with Crippen LogP contribution >= 0.6 is 11.9 Å². The van der Waals surface area contributed by atoms with Gasteiger partial charge in [-0.3, -0.25) is 0 Å². The number of benzene rings is 2. The normalized spacial score (nSPS) is 10.8. The van der Waals surface area contributed by atoms with Crippen LogP contribution in [0.15, 0.2) is 84.8 Å². The average Bonchev–Trinajstić information content (AvgIpc) is 3.22. The van der Waals surface area contributed by atoms with E-state index in [-0.39, 0.29) is 0 Å². The van der Waals surface area contributed by atoms with Crippen LogP contribution in [-0.4, -0.2) is 27.2 Å². The third kappa shape index (κ3) is 7.27. The molecule has 0 radical (unpaired) electrons. The van der Waals surface area contributed by atoms with Crippen LogP contribution in [0.4, 0.5) is 13.2 Å². The Morgan fingerprint density at radius 2 is 1.64 bits per heavy atom. The SMILES string of the molecule is C=CCN(CC=C)Sc1ccc(-n2nc(C(F)(F)F)cc2-c2ccc(C)cc2)cc1.N#CN. The number of halogens is 3. The van der Waals surface area contributed by atoms with Crippen LogP contribution in [0.1, 0.15) is 11.3 Å². The lowest BCUT2D eigenvalue weighted by molar-refractivity contribution is -0.141. The Morgan fingerprint density at radius 1 is 1.09 bits per heavy atom. The summed E-state index contributed by atoms with van der Waals surface area (Å²) in [7, 11) is 0. The Bertz CT molecular complexity index is 1090. The van der Waals surface area contributed by atoms with Gasteiger partial charge in [-0.2, -0.15) is 23.5 Å². The van der Waals surface area contributed by atoms with Crippen LogP contribution in [0.25, 0.3) is 16.9 Å². The highest BCUT2D eigenvalue weighted by Crippen LogP contribution is 2.34. The summed E-state index contributed by atoms with van der Waals surface area (Å²) >= 11 is 1.53. The first-order chi connectivity index (χ1) is 15.7. The van der Waals surface area contributed by atoms with E-state index in [1.807, 2.05) is 31.2 Å². The molecule has 2 N–H and O–H groups in total. The first kappa shape index (κ1) is 25.8. The third-order valence-corrected chi connectivity index (χ3v) is 5.37. The summed E-state index contributed by atoms with van der Waals surface area (Å²) in [4.78, 5) is 0.961. The molecule has 0 atom stereocenters. The highest BCUT2D eigenvalue weighted by Gasteiger charge is 2.35. The standard InChI is InChI=1S/C23H22F3N3S.CH2N2/c1-4-14-28(15-5-2)30-20-12-10-19(11-13-20)29-21(16-22(27-29)23(24,25)26)18-8-6-17(3)7-9-18;2-1-3/h4-13,16H,1-2,14-15H2,3H3;2H2. The largest absolute Gasteiger partial charge is 0.435 e. The van der Waals surface area contributed by atoms with E-state index in [4.69, 9.17) is 5.26 Å². The predicted molar refractivity (Wildman–Crippen MR) is 126 cm³/mol. The van der Waals surface area contributed by atoms with Crippen LogP contribution in [0.5, 0.6) is 0 Å². The van der Waals surface area contributed by atoms with Crippen molar-refractivity contribution in [3.63, 3.8) is 0 Å². The van der Waals surface area contributed by atoms with Crippen LogP contribution in [0, 0.1) is 18.4 Å². The van der Waals surface area contributed by atoms with Crippen LogP contribution in [-0.2, 0) is 6.18 Å². The molecule has 172 valence electrons. The van der Waals surface area contributed by atoms with Crippen molar-refractivity contribution in [3.8, 4) is 23.1 Å². The molecular weight excluding hydrogens is 447 g/mol. The maximum absolute atomic E-state index is 13.3. The van der Waals surface area contributed by atoms with E-state index in [0.29, 0.717) is 30.0 Å². The topological polar surface area (TPSA) is 70.9 Å². The van der Waals surface area contributed by atoms with E-state index in [9.17, 15) is 13.2 Å². The van der Waals surface area contributed by atoms with Gasteiger partial charge in [0.15, 0.2) is 11.9 Å². The van der Waals surface area contributed by atoms with E-state index in [0.717, 1.165) is 16.5 Å². The van der Waals surface area contributed by atoms with E-state index >= 15 is 0 Å². The van der Waals surface area contributed by atoms with Crippen LogP contribution in [0.2, 0.25) is 0 Å². The maximum Gasteiger partial charge on any atom is 0.435 e. The summed E-state index contributed by atoms with van der Waals surface area (Å²) in [6.45, 7) is 10.8. The summed E-state index contributed by atoms with van der Waals surface area (Å²) in [6, 6.07) is 15.7. The number of aryl methyl sites for hydroxylation is 1. The Balaban J connectivity index is 0.00000122. The lowest BCUT2D eigenvalue weighted by Gasteiger charge is -2.17. The fraction of sp³-hybridized carbons (Fsp3) is 0.167. The molecule has 5 nitrogen and oxygen atoms in total. The molecular formula is C24H24F3N5S. The predicted octanol–water partition coefficient (Wildman–Crippen LogP) is 5.97. The van der Waals surface area contributed by atoms with Crippen molar-refractivity contribution in [2.75, 3.05) is 13.1 Å². The van der Waals surface area contributed by atoms with Gasteiger partial charge in [-0.25, -0.2) is 8.99 Å². The molecule has 0 aliphatic heterocycles. The molecule has 2 aromatic carbocycles. The van der Waals surface area contributed by atoms with Gasteiger partial charge in [-0.15, -0.1) is 13.2 Å². The number of aromatic nitrogens is 2. The summed E-state index contributed by atoms with van der Waals surface area (Å²) in [6.07, 6.45) is 0.346. The van der Waals surface area contributed by atoms with Gasteiger partial charge in [0, 0.05) is 23.5 Å². The molecule has 9 heteroatoms. The first-order valence-electron chi connectivity index (χ1n) is 9.82. The number of alkyl halides is 3. The summed E-state index contributed by atoms with van der Waals surface area (Å²) in [5.41, 5.74) is 5.89. The van der Waals surface area contributed by atoms with E-state index < -0.39 is 11.9 Å². The minimum absolute atomic E-state index is 0.391. The molecule has 0 spiro atoms. The minimum atomic E-state index is -4.52. The Kier molecular flexibility index (Phi) is 9.33. The zero-order chi connectivity index (χ0) is 24.4. The van der Waals surface area contributed by atoms with Crippen molar-refractivity contribution >= 4 is 11.9 Å². The van der Waals surface area contributed by atoms with Crippen molar-refractivity contribution in [1.29, 1.82) is 5.26 Å². The molecule has 33 heavy (non-hydrogen) atoms. The smallest absolute Gasteiger partial charge is 0.337 e. The number of nitriles is 1. The molecule has 0 unspecified atom stereocenters. The van der Waals surface area contributed by atoms with Crippen LogP contribution < -0.4 is 5.73 Å². The average molecular weight is 472 g/mol. The van der Waals surface area contributed by atoms with Gasteiger partial charge < -0.3 is 5.73 Å². The monoisotopic (exact) mass is 471 g/mol. The van der Waals surface area contributed by atoms with Gasteiger partial charge in [-0.1, -0.05) is 42.0 Å². The first-order valence-corrected chi connectivity index (χ1v) is 10.6. The molecule has 3 rings (SSSR count). The molecule has 0 saturated heterocycles. The lowest BCUT2D eigenvalue weighted by Crippen LogP contribution is -2.15. The van der Waals surface area contributed by atoms with Crippen molar-refractivity contribution in [2.45, 2.75) is 18.0 Å². The van der Waals surface area contributed by atoms with E-state index in [1.165, 1.54) is 22.8 Å². The van der Waals surface area contributed by atoms with Gasteiger partial charge in [0.2, 0.25) is 0 Å². The number of rotatable bonds is 8. The Labute approximate surface area is 195 Å². The van der Waals surface area contributed by atoms with E-state index in [2.05, 4.69) is 28.3 Å². The second-order valence-electron chi connectivity index (χ2n) is 6.83. The molecule has 0 aliphatic rings. The highest BCUT2D eigenvalue weighted by atomic mass is 32.2. The van der Waals surface area contributed by atoms with Gasteiger partial charge in [0.05, 0.1) is 11.4 Å². The van der Waals surface area contributed by atoms with Gasteiger partial charge in [0.25, 0.3) is 0 Å². The third-order valence-electron chi connectivity index (χ3n) is 4.33. The summed E-state index contributed by atoms with van der Waals surface area (Å²) in [5.74, 6) is 0. The minimum Gasteiger partial charge on any atom is -0.337 e. The van der Waals surface area contributed by atoms with Crippen molar-refractivity contribution in [3.05, 3.63) is 91.2 Å². The van der Waals surface area contributed by atoms with Crippen molar-refractivity contribution in [2.24, 2.45) is 5.73 Å². The Morgan fingerprint density at radius 3 is 2.12 bits per heavy atom. The second-order valence-corrected chi connectivity index (χ2v) is 8.00. The highest BCUT2D eigenvalue weighted by molar-refractivity contribution is 7.97. The van der Waals surface area contributed by atoms with Crippen LogP contribution in [0.3, 0.4) is 0 Å². The van der Waals surface area contributed by atoms with E-state index in [1.54, 1.807) is 36.4 Å². The Hall–Kier alpha value is -3.48. The molecule has 0 aliphatic carbocycles. The number of hydrogen-bond donors (Lipinski definition) is 1. The number of nitrogens with two attached hydrogens (primary N) is 1. The van der Waals surface area contributed by atoms with Gasteiger partial charge in [-0.05, 0) is 49.2 Å². The molecule has 0 bridgehead atoms. The second kappa shape index (κ2) is 11.9. The molecule has 1 heterocycles. The van der Waals surface area contributed by atoms with Crippen molar-refractivity contribution < 1.29 is 13.2 Å². The summed E-state index contributed by atoms with van der Waals surface area (Å²) < 4.78 is 43.4. The molecule has 1 aromatic heterocycles. The quantitative estimate of drug-likeness (QED) is 0.190. The maximum atomic E-state index is 13.3. The number of hydrogen-bond acceptors (Lipinski definition) is 5. The fourth-order valence-corrected chi connectivity index (χ4v) is 3.80. The number of nitrogens with zero attached hydrogens (tertiary/aromatic N) is 4. The molecule has 0 fully saturated rings. The zero-order valence-corrected chi connectivity index (χ0v) is 18.9. The molecule has 3 aromatic rings. The van der Waals surface area contributed by atoms with Gasteiger partial charge in [0.1, 0.15) is 0 Å². The van der Waals surface area contributed by atoms with Crippen molar-refractivity contribution in [1.82, 2.24) is 14.1 Å².